The normalized spacial score (nSPS) is 12.6. The summed E-state index contributed by atoms with van der Waals surface area (Å²) in [4.78, 5) is 16.1. The van der Waals surface area contributed by atoms with E-state index in [4.69, 9.17) is 22.1 Å². The molecule has 2 rings (SSSR count). The third kappa shape index (κ3) is 2.66. The van der Waals surface area contributed by atoms with Gasteiger partial charge < -0.3 is 10.5 Å². The lowest BCUT2D eigenvalue weighted by atomic mass is 10.2. The van der Waals surface area contributed by atoms with Gasteiger partial charge in [0.25, 0.3) is 0 Å². The lowest BCUT2D eigenvalue weighted by molar-refractivity contribution is -0.146. The van der Waals surface area contributed by atoms with Crippen molar-refractivity contribution in [3.05, 3.63) is 23.2 Å². The molecule has 2 N–H and O–H groups in total. The van der Waals surface area contributed by atoms with Crippen molar-refractivity contribution in [3.8, 4) is 0 Å². The van der Waals surface area contributed by atoms with E-state index in [0.717, 1.165) is 11.9 Å². The highest BCUT2D eigenvalue weighted by Crippen LogP contribution is 2.25. The molecule has 1 unspecified atom stereocenters. The first-order chi connectivity index (χ1) is 9.04. The number of fused-ring (bicyclic) bond motifs is 1. The van der Waals surface area contributed by atoms with Gasteiger partial charge in [0, 0.05) is 5.02 Å². The van der Waals surface area contributed by atoms with Crippen LogP contribution in [0, 0.1) is 0 Å². The van der Waals surface area contributed by atoms with Crippen LogP contribution in [0.5, 0.6) is 0 Å². The lowest BCUT2D eigenvalue weighted by Crippen LogP contribution is -2.20. The molecule has 1 atom stereocenters. The number of benzene rings is 1. The van der Waals surface area contributed by atoms with E-state index in [1.54, 1.807) is 29.7 Å². The average Bonchev–Trinajstić information content (AvgIpc) is 2.70. The van der Waals surface area contributed by atoms with E-state index in [0.29, 0.717) is 17.1 Å². The molecule has 0 bridgehead atoms. The van der Waals surface area contributed by atoms with Crippen LogP contribution in [0.4, 0.5) is 5.95 Å². The maximum atomic E-state index is 11.9. The number of imidazole rings is 1. The second kappa shape index (κ2) is 5.48. The van der Waals surface area contributed by atoms with Gasteiger partial charge in [0.2, 0.25) is 5.95 Å². The third-order valence-electron chi connectivity index (χ3n) is 2.86. The van der Waals surface area contributed by atoms with E-state index < -0.39 is 6.04 Å². The Kier molecular flexibility index (Phi) is 3.95. The zero-order chi connectivity index (χ0) is 14.0. The summed E-state index contributed by atoms with van der Waals surface area (Å²) in [6.45, 7) is 4.09. The van der Waals surface area contributed by atoms with Crippen LogP contribution >= 0.6 is 11.6 Å². The standard InChI is InChI=1S/C13H16ClN3O2/c1-3-6-19-12(18)8(2)17-11-5-4-9(14)7-10(11)16-13(17)15/h4-5,7-8H,3,6H2,1-2H3,(H2,15,16). The second-order valence-corrected chi connectivity index (χ2v) is 4.75. The van der Waals surface area contributed by atoms with Crippen molar-refractivity contribution in [1.29, 1.82) is 0 Å². The average molecular weight is 282 g/mol. The number of hydrogen-bond acceptors (Lipinski definition) is 4. The van der Waals surface area contributed by atoms with Crippen molar-refractivity contribution in [3.63, 3.8) is 0 Å². The summed E-state index contributed by atoms with van der Waals surface area (Å²) in [6, 6.07) is 4.74. The summed E-state index contributed by atoms with van der Waals surface area (Å²) >= 11 is 5.91. The van der Waals surface area contributed by atoms with Crippen molar-refractivity contribution < 1.29 is 9.53 Å². The van der Waals surface area contributed by atoms with Crippen LogP contribution in [0.15, 0.2) is 18.2 Å². The molecule has 2 aromatic rings. The zero-order valence-electron chi connectivity index (χ0n) is 10.9. The summed E-state index contributed by atoms with van der Waals surface area (Å²) in [6.07, 6.45) is 0.786. The second-order valence-electron chi connectivity index (χ2n) is 4.32. The Morgan fingerprint density at radius 1 is 1.58 bits per heavy atom. The molecule has 0 amide bonds. The molecular formula is C13H16ClN3O2. The fraction of sp³-hybridized carbons (Fsp3) is 0.385. The molecule has 0 aliphatic carbocycles. The number of hydrogen-bond donors (Lipinski definition) is 1. The van der Waals surface area contributed by atoms with Crippen molar-refractivity contribution >= 4 is 34.6 Å². The topological polar surface area (TPSA) is 70.1 Å². The molecule has 0 aliphatic rings. The van der Waals surface area contributed by atoms with Crippen LogP contribution in [-0.2, 0) is 9.53 Å². The minimum absolute atomic E-state index is 0.276. The Hall–Kier alpha value is -1.75. The quantitative estimate of drug-likeness (QED) is 0.875. The highest BCUT2D eigenvalue weighted by atomic mass is 35.5. The Labute approximate surface area is 116 Å². The lowest BCUT2D eigenvalue weighted by Gasteiger charge is -2.14. The summed E-state index contributed by atoms with van der Waals surface area (Å²) in [7, 11) is 0. The summed E-state index contributed by atoms with van der Waals surface area (Å²) in [5, 5.41) is 0.582. The number of anilines is 1. The van der Waals surface area contributed by atoms with Gasteiger partial charge in [-0.25, -0.2) is 9.78 Å². The molecule has 0 aliphatic heterocycles. The van der Waals surface area contributed by atoms with E-state index in [1.807, 2.05) is 6.92 Å². The van der Waals surface area contributed by atoms with Crippen LogP contribution < -0.4 is 5.73 Å². The maximum absolute atomic E-state index is 11.9. The summed E-state index contributed by atoms with van der Waals surface area (Å²) in [5.41, 5.74) is 7.31. The van der Waals surface area contributed by atoms with E-state index in [2.05, 4.69) is 4.98 Å². The first-order valence-corrected chi connectivity index (χ1v) is 6.52. The minimum Gasteiger partial charge on any atom is -0.464 e. The molecular weight excluding hydrogens is 266 g/mol. The van der Waals surface area contributed by atoms with Crippen molar-refractivity contribution in [1.82, 2.24) is 9.55 Å². The molecule has 6 heteroatoms. The molecule has 0 saturated carbocycles. The number of aromatic nitrogens is 2. The van der Waals surface area contributed by atoms with E-state index in [-0.39, 0.29) is 11.9 Å². The van der Waals surface area contributed by atoms with E-state index in [9.17, 15) is 4.79 Å². The van der Waals surface area contributed by atoms with Gasteiger partial charge >= 0.3 is 5.97 Å². The van der Waals surface area contributed by atoms with Crippen LogP contribution in [-0.4, -0.2) is 22.1 Å². The molecule has 5 nitrogen and oxygen atoms in total. The van der Waals surface area contributed by atoms with Crippen LogP contribution in [0.25, 0.3) is 11.0 Å². The SMILES string of the molecule is CCCOC(=O)C(C)n1c(N)nc2cc(Cl)ccc21. The Balaban J connectivity index is 2.38. The summed E-state index contributed by atoms with van der Waals surface area (Å²) in [5.74, 6) is -0.0407. The Morgan fingerprint density at radius 2 is 2.32 bits per heavy atom. The van der Waals surface area contributed by atoms with Gasteiger partial charge in [0.05, 0.1) is 17.6 Å². The number of carbonyl (C=O) groups is 1. The first-order valence-electron chi connectivity index (χ1n) is 6.14. The molecule has 0 fully saturated rings. The van der Waals surface area contributed by atoms with Crippen molar-refractivity contribution in [2.24, 2.45) is 0 Å². The maximum Gasteiger partial charge on any atom is 0.328 e. The zero-order valence-corrected chi connectivity index (χ0v) is 11.6. The number of nitrogens with zero attached hydrogens (tertiary/aromatic N) is 2. The number of nitrogens with two attached hydrogens (primary N) is 1. The number of ether oxygens (including phenoxy) is 1. The molecule has 1 aromatic carbocycles. The van der Waals surface area contributed by atoms with E-state index in [1.165, 1.54) is 0 Å². The van der Waals surface area contributed by atoms with Crippen LogP contribution in [0.2, 0.25) is 5.02 Å². The molecule has 19 heavy (non-hydrogen) atoms. The Morgan fingerprint density at radius 3 is 3.00 bits per heavy atom. The monoisotopic (exact) mass is 281 g/mol. The molecule has 0 radical (unpaired) electrons. The highest BCUT2D eigenvalue weighted by Gasteiger charge is 2.21. The Bertz CT molecular complexity index is 609. The predicted molar refractivity (Wildman–Crippen MR) is 75.1 cm³/mol. The number of halogens is 1. The molecule has 102 valence electrons. The fourth-order valence-corrected chi connectivity index (χ4v) is 2.09. The third-order valence-corrected chi connectivity index (χ3v) is 3.09. The first kappa shape index (κ1) is 13.7. The van der Waals surface area contributed by atoms with Crippen LogP contribution in [0.3, 0.4) is 0 Å². The van der Waals surface area contributed by atoms with Gasteiger partial charge in [-0.2, -0.15) is 0 Å². The number of esters is 1. The predicted octanol–water partition coefficient (Wildman–Crippen LogP) is 2.79. The highest BCUT2D eigenvalue weighted by molar-refractivity contribution is 6.31. The van der Waals surface area contributed by atoms with Gasteiger partial charge in [0.1, 0.15) is 6.04 Å². The summed E-state index contributed by atoms with van der Waals surface area (Å²) < 4.78 is 6.79. The number of nitrogen functional groups attached to an aromatic ring is 1. The van der Waals surface area contributed by atoms with Gasteiger partial charge in [-0.1, -0.05) is 18.5 Å². The van der Waals surface area contributed by atoms with Gasteiger partial charge in [-0.3, -0.25) is 4.57 Å². The minimum atomic E-state index is -0.516. The molecule has 1 aromatic heterocycles. The van der Waals surface area contributed by atoms with Gasteiger partial charge in [-0.15, -0.1) is 0 Å². The molecule has 0 saturated heterocycles. The van der Waals surface area contributed by atoms with Gasteiger partial charge in [-0.05, 0) is 31.5 Å². The van der Waals surface area contributed by atoms with Crippen molar-refractivity contribution in [2.45, 2.75) is 26.3 Å². The van der Waals surface area contributed by atoms with E-state index >= 15 is 0 Å². The van der Waals surface area contributed by atoms with Gasteiger partial charge in [0.15, 0.2) is 0 Å². The van der Waals surface area contributed by atoms with Crippen LogP contribution in [0.1, 0.15) is 26.3 Å². The fourth-order valence-electron chi connectivity index (χ4n) is 1.93. The molecule has 1 heterocycles. The largest absolute Gasteiger partial charge is 0.464 e. The smallest absolute Gasteiger partial charge is 0.328 e. The van der Waals surface area contributed by atoms with Crippen molar-refractivity contribution in [2.75, 3.05) is 12.3 Å². The molecule has 0 spiro atoms. The number of rotatable bonds is 4. The number of carbonyl (C=O) groups excluding carboxylic acids is 1.